The molecule has 0 aromatic heterocycles. The minimum atomic E-state index is -0.554. The fourth-order valence-corrected chi connectivity index (χ4v) is 6.88. The van der Waals surface area contributed by atoms with Gasteiger partial charge in [0.05, 0.1) is 36.0 Å². The van der Waals surface area contributed by atoms with Gasteiger partial charge in [-0.15, -0.1) is 0 Å². The number of aliphatic hydroxyl groups excluding tert-OH is 1. The van der Waals surface area contributed by atoms with E-state index in [4.69, 9.17) is 34.2 Å². The normalized spacial score (nSPS) is 32.6. The van der Waals surface area contributed by atoms with Crippen molar-refractivity contribution in [3.63, 3.8) is 0 Å². The second-order valence-corrected chi connectivity index (χ2v) is 12.3. The third kappa shape index (κ3) is 5.70. The SMILES string of the molecule is COC1CC(N)C(OC2CC(O)C3OC3O2)C(C)O1.COc1cccc2c1C(=O)c1c(O)c3c(c(O)c1C2=O)CC(C(C)=O)CC3. The van der Waals surface area contributed by atoms with Gasteiger partial charge in [-0.3, -0.25) is 14.4 Å². The smallest absolute Gasteiger partial charge is 0.202 e. The van der Waals surface area contributed by atoms with Gasteiger partial charge in [0.1, 0.15) is 35.2 Å². The molecule has 13 nitrogen and oxygen atoms in total. The number of hydrogen-bond donors (Lipinski definition) is 4. The van der Waals surface area contributed by atoms with Gasteiger partial charge in [-0.25, -0.2) is 0 Å². The minimum absolute atomic E-state index is 0.00487. The summed E-state index contributed by atoms with van der Waals surface area (Å²) < 4.78 is 32.6. The van der Waals surface area contributed by atoms with Crippen LogP contribution in [0, 0.1) is 5.92 Å². The van der Waals surface area contributed by atoms with E-state index in [1.807, 2.05) is 6.92 Å². The monoisotopic (exact) mass is 641 g/mol. The Bertz CT molecular complexity index is 1550. The highest BCUT2D eigenvalue weighted by Crippen LogP contribution is 2.47. The second-order valence-electron chi connectivity index (χ2n) is 12.3. The number of methoxy groups -OCH3 is 2. The first kappa shape index (κ1) is 32.5. The molecular formula is C33H39NO12. The third-order valence-corrected chi connectivity index (χ3v) is 9.47. The molecule has 2 aliphatic carbocycles. The van der Waals surface area contributed by atoms with Crippen LogP contribution in [0.3, 0.4) is 0 Å². The number of nitrogens with two attached hydrogens (primary N) is 1. The van der Waals surface area contributed by atoms with Crippen LogP contribution in [0.5, 0.6) is 17.2 Å². The lowest BCUT2D eigenvalue weighted by atomic mass is 9.75. The Kier molecular flexibility index (Phi) is 8.93. The van der Waals surface area contributed by atoms with Crippen molar-refractivity contribution >= 4 is 17.3 Å². The molecule has 13 heteroatoms. The number of fused-ring (bicyclic) bond motifs is 4. The molecule has 46 heavy (non-hydrogen) atoms. The molecule has 2 aromatic rings. The van der Waals surface area contributed by atoms with Gasteiger partial charge in [0.25, 0.3) is 0 Å². The number of carbonyl (C=O) groups excluding carboxylic acids is 3. The van der Waals surface area contributed by atoms with Crippen LogP contribution in [0.4, 0.5) is 0 Å². The highest BCUT2D eigenvalue weighted by Gasteiger charge is 2.53. The van der Waals surface area contributed by atoms with Crippen molar-refractivity contribution in [1.82, 2.24) is 0 Å². The number of hydrogen-bond acceptors (Lipinski definition) is 13. The summed E-state index contributed by atoms with van der Waals surface area (Å²) in [6, 6.07) is 4.47. The highest BCUT2D eigenvalue weighted by atomic mass is 16.8. The highest BCUT2D eigenvalue weighted by molar-refractivity contribution is 6.31. The van der Waals surface area contributed by atoms with Crippen molar-refractivity contribution in [2.24, 2.45) is 11.7 Å². The molecule has 248 valence electrons. The Morgan fingerprint density at radius 2 is 1.67 bits per heavy atom. The van der Waals surface area contributed by atoms with Crippen molar-refractivity contribution in [3.05, 3.63) is 51.6 Å². The van der Waals surface area contributed by atoms with Crippen LogP contribution in [-0.2, 0) is 41.3 Å². The van der Waals surface area contributed by atoms with Gasteiger partial charge in [0.15, 0.2) is 24.7 Å². The quantitative estimate of drug-likeness (QED) is 0.233. The maximum Gasteiger partial charge on any atom is 0.202 e. The van der Waals surface area contributed by atoms with E-state index < -0.39 is 24.0 Å². The Balaban J connectivity index is 0.000000172. The van der Waals surface area contributed by atoms with Crippen LogP contribution >= 0.6 is 0 Å². The van der Waals surface area contributed by atoms with Crippen molar-refractivity contribution in [3.8, 4) is 17.2 Å². The van der Waals surface area contributed by atoms with Gasteiger partial charge >= 0.3 is 0 Å². The van der Waals surface area contributed by atoms with E-state index in [1.165, 1.54) is 20.1 Å². The van der Waals surface area contributed by atoms with Crippen LogP contribution in [-0.4, -0.2) is 96.2 Å². The van der Waals surface area contributed by atoms with E-state index in [9.17, 15) is 29.7 Å². The fraction of sp³-hybridized carbons (Fsp3) is 0.545. The number of benzene rings is 2. The molecule has 9 atom stereocenters. The standard InChI is InChI=1S/C21H18O6.C12H21NO6/c1-9(22)10-6-7-11-13(8-10)20(25)16-17(18(11)23)21(26)15-12(19(16)24)4-3-5-14(15)27-2;1-5-10(6(13)3-8(15-2)16-5)17-9-4-7(14)11-12(18-9)19-11/h3-5,10,23,25H,6-8H2,1-2H3;5-12,14H,3-4,13H2,1-2H3. The van der Waals surface area contributed by atoms with Crippen LogP contribution < -0.4 is 10.5 Å². The number of rotatable bonds is 5. The number of ether oxygens (including phenoxy) is 6. The zero-order valence-electron chi connectivity index (χ0n) is 26.1. The van der Waals surface area contributed by atoms with E-state index in [2.05, 4.69) is 0 Å². The maximum atomic E-state index is 13.1. The summed E-state index contributed by atoms with van der Waals surface area (Å²) in [6.07, 6.45) is -0.236. The van der Waals surface area contributed by atoms with E-state index in [1.54, 1.807) is 19.2 Å². The second kappa shape index (κ2) is 12.6. The van der Waals surface area contributed by atoms with E-state index in [0.717, 1.165) is 0 Å². The number of aliphatic hydroxyl groups is 1. The lowest BCUT2D eigenvalue weighted by Crippen LogP contribution is -2.54. The third-order valence-electron chi connectivity index (χ3n) is 9.47. The van der Waals surface area contributed by atoms with Crippen LogP contribution in [0.25, 0.3) is 0 Å². The van der Waals surface area contributed by atoms with Crippen molar-refractivity contribution in [1.29, 1.82) is 0 Å². The van der Waals surface area contributed by atoms with Crippen LogP contribution in [0.2, 0.25) is 0 Å². The molecule has 9 unspecified atom stereocenters. The number of phenolic OH excluding ortho intramolecular Hbond substituents is 2. The van der Waals surface area contributed by atoms with E-state index in [0.29, 0.717) is 36.8 Å². The number of aromatic hydroxyl groups is 2. The summed E-state index contributed by atoms with van der Waals surface area (Å²) in [5.41, 5.74) is 6.75. The van der Waals surface area contributed by atoms with Crippen molar-refractivity contribution in [2.45, 2.75) is 95.3 Å². The van der Waals surface area contributed by atoms with Gasteiger partial charge < -0.3 is 49.5 Å². The van der Waals surface area contributed by atoms with Crippen molar-refractivity contribution in [2.75, 3.05) is 14.2 Å². The molecule has 2 aromatic carbocycles. The Hall–Kier alpha value is -3.43. The molecule has 0 bridgehead atoms. The number of epoxide rings is 1. The van der Waals surface area contributed by atoms with Crippen LogP contribution in [0.15, 0.2) is 18.2 Å². The summed E-state index contributed by atoms with van der Waals surface area (Å²) in [6.45, 7) is 3.38. The summed E-state index contributed by atoms with van der Waals surface area (Å²) in [4.78, 5) is 37.9. The summed E-state index contributed by atoms with van der Waals surface area (Å²) in [5.74, 6) is -1.73. The number of phenols is 2. The van der Waals surface area contributed by atoms with E-state index in [-0.39, 0.29) is 94.6 Å². The minimum Gasteiger partial charge on any atom is -0.507 e. The number of Topliss-reactive ketones (excluding diaryl/α,β-unsaturated/α-hetero) is 1. The van der Waals surface area contributed by atoms with Crippen LogP contribution in [0.1, 0.15) is 76.1 Å². The zero-order valence-corrected chi connectivity index (χ0v) is 26.1. The molecule has 3 fully saturated rings. The lowest BCUT2D eigenvalue weighted by molar-refractivity contribution is -0.273. The summed E-state index contributed by atoms with van der Waals surface area (Å²) >= 11 is 0. The van der Waals surface area contributed by atoms with E-state index >= 15 is 0 Å². The molecule has 3 heterocycles. The molecule has 5 N–H and O–H groups in total. The number of carbonyl (C=O) groups is 3. The predicted octanol–water partition coefficient (Wildman–Crippen LogP) is 1.89. The Labute approximate surface area is 265 Å². The van der Waals surface area contributed by atoms with Gasteiger partial charge in [0, 0.05) is 48.6 Å². The first-order valence-electron chi connectivity index (χ1n) is 15.4. The molecule has 3 aliphatic heterocycles. The molecule has 0 spiro atoms. The predicted molar refractivity (Wildman–Crippen MR) is 159 cm³/mol. The summed E-state index contributed by atoms with van der Waals surface area (Å²) in [7, 11) is 2.99. The molecule has 0 radical (unpaired) electrons. The first-order chi connectivity index (χ1) is 21.9. The molecule has 0 saturated carbocycles. The molecular weight excluding hydrogens is 602 g/mol. The molecule has 3 saturated heterocycles. The Morgan fingerprint density at radius 1 is 0.957 bits per heavy atom. The van der Waals surface area contributed by atoms with Crippen molar-refractivity contribution < 1.29 is 58.1 Å². The maximum absolute atomic E-state index is 13.1. The molecule has 7 rings (SSSR count). The summed E-state index contributed by atoms with van der Waals surface area (Å²) in [5, 5.41) is 31.4. The average Bonchev–Trinajstić information content (AvgIpc) is 3.83. The largest absolute Gasteiger partial charge is 0.507 e. The van der Waals surface area contributed by atoms with Gasteiger partial charge in [-0.1, -0.05) is 12.1 Å². The lowest BCUT2D eigenvalue weighted by Gasteiger charge is -2.40. The zero-order chi connectivity index (χ0) is 33.0. The molecule has 5 aliphatic rings. The number of ketones is 3. The first-order valence-corrected chi connectivity index (χ1v) is 15.4. The topological polar surface area (TPSA) is 197 Å². The van der Waals surface area contributed by atoms with Gasteiger partial charge in [-0.2, -0.15) is 0 Å². The average molecular weight is 642 g/mol. The van der Waals surface area contributed by atoms with Gasteiger partial charge in [0.2, 0.25) is 5.78 Å². The van der Waals surface area contributed by atoms with Gasteiger partial charge in [-0.05, 0) is 39.2 Å². The molecule has 0 amide bonds. The Morgan fingerprint density at radius 3 is 2.33 bits per heavy atom. The fourth-order valence-electron chi connectivity index (χ4n) is 6.88.